The number of aliphatic carboxylic acids is 1. The van der Waals surface area contributed by atoms with Crippen molar-refractivity contribution in [2.24, 2.45) is 5.92 Å². The second-order valence-electron chi connectivity index (χ2n) is 4.70. The summed E-state index contributed by atoms with van der Waals surface area (Å²) >= 11 is 0. The molecule has 0 saturated heterocycles. The van der Waals surface area contributed by atoms with E-state index in [-0.39, 0.29) is 17.7 Å². The highest BCUT2D eigenvalue weighted by atomic mass is 16.4. The van der Waals surface area contributed by atoms with Crippen molar-refractivity contribution in [3.8, 4) is 0 Å². The van der Waals surface area contributed by atoms with E-state index in [0.29, 0.717) is 0 Å². The van der Waals surface area contributed by atoms with E-state index in [0.717, 1.165) is 5.56 Å². The lowest BCUT2D eigenvalue weighted by Crippen LogP contribution is -2.45. The Morgan fingerprint density at radius 1 is 1.11 bits per heavy atom. The van der Waals surface area contributed by atoms with Gasteiger partial charge < -0.3 is 10.4 Å². The van der Waals surface area contributed by atoms with E-state index in [1.54, 1.807) is 20.8 Å². The lowest BCUT2D eigenvalue weighted by molar-refractivity contribution is -0.143. The summed E-state index contributed by atoms with van der Waals surface area (Å²) in [5.41, 5.74) is 0.878. The van der Waals surface area contributed by atoms with Crippen LogP contribution in [0.15, 0.2) is 30.3 Å². The number of amides is 1. The van der Waals surface area contributed by atoms with Crippen molar-refractivity contribution in [3.63, 3.8) is 0 Å². The van der Waals surface area contributed by atoms with Crippen molar-refractivity contribution in [3.05, 3.63) is 35.9 Å². The van der Waals surface area contributed by atoms with Gasteiger partial charge in [-0.25, -0.2) is 4.79 Å². The van der Waals surface area contributed by atoms with Gasteiger partial charge >= 0.3 is 5.97 Å². The number of hydrogen-bond acceptors (Lipinski definition) is 2. The Hall–Kier alpha value is -1.84. The molecule has 2 atom stereocenters. The molecule has 0 aliphatic carbocycles. The van der Waals surface area contributed by atoms with Crippen LogP contribution in [0.4, 0.5) is 0 Å². The Kier molecular flexibility index (Phi) is 4.89. The number of hydrogen-bond donors (Lipinski definition) is 2. The summed E-state index contributed by atoms with van der Waals surface area (Å²) in [5, 5.41) is 11.6. The Labute approximate surface area is 107 Å². The molecule has 2 N–H and O–H groups in total. The quantitative estimate of drug-likeness (QED) is 0.839. The Morgan fingerprint density at radius 3 is 2.11 bits per heavy atom. The van der Waals surface area contributed by atoms with Crippen LogP contribution < -0.4 is 5.32 Å². The molecule has 0 unspecified atom stereocenters. The average molecular weight is 249 g/mol. The Bertz CT molecular complexity index is 414. The maximum Gasteiger partial charge on any atom is 0.326 e. The fourth-order valence-electron chi connectivity index (χ4n) is 1.68. The number of carboxylic acid groups (broad SMARTS) is 1. The first-order valence-corrected chi connectivity index (χ1v) is 6.01. The number of carbonyl (C=O) groups excluding carboxylic acids is 1. The standard InChI is InChI=1S/C14H19NO3/c1-9(2)12(14(17)18)15-13(16)10(3)11-7-5-4-6-8-11/h4-10,12H,1-3H3,(H,15,16)(H,17,18)/t10-,12+/m1/s1. The molecule has 98 valence electrons. The summed E-state index contributed by atoms with van der Waals surface area (Å²) in [4.78, 5) is 23.0. The van der Waals surface area contributed by atoms with Gasteiger partial charge in [-0.2, -0.15) is 0 Å². The molecule has 0 saturated carbocycles. The molecule has 4 nitrogen and oxygen atoms in total. The van der Waals surface area contributed by atoms with Gasteiger partial charge in [-0.3, -0.25) is 4.79 Å². The van der Waals surface area contributed by atoms with Crippen molar-refractivity contribution in [2.75, 3.05) is 0 Å². The van der Waals surface area contributed by atoms with Gasteiger partial charge in [0.05, 0.1) is 5.92 Å². The molecule has 0 aliphatic rings. The van der Waals surface area contributed by atoms with E-state index in [2.05, 4.69) is 5.32 Å². The first-order chi connectivity index (χ1) is 8.43. The monoisotopic (exact) mass is 249 g/mol. The van der Waals surface area contributed by atoms with Crippen molar-refractivity contribution >= 4 is 11.9 Å². The third-order valence-corrected chi connectivity index (χ3v) is 2.92. The van der Waals surface area contributed by atoms with E-state index in [4.69, 9.17) is 5.11 Å². The van der Waals surface area contributed by atoms with Crippen LogP contribution in [0.3, 0.4) is 0 Å². The minimum Gasteiger partial charge on any atom is -0.480 e. The zero-order valence-corrected chi connectivity index (χ0v) is 10.9. The lowest BCUT2D eigenvalue weighted by atomic mass is 9.98. The number of carboxylic acids is 1. The van der Waals surface area contributed by atoms with Crippen LogP contribution >= 0.6 is 0 Å². The van der Waals surface area contributed by atoms with Gasteiger partial charge in [-0.15, -0.1) is 0 Å². The number of rotatable bonds is 5. The third kappa shape index (κ3) is 3.58. The topological polar surface area (TPSA) is 66.4 Å². The molecule has 0 spiro atoms. The highest BCUT2D eigenvalue weighted by molar-refractivity contribution is 5.87. The van der Waals surface area contributed by atoms with Crippen molar-refractivity contribution < 1.29 is 14.7 Å². The third-order valence-electron chi connectivity index (χ3n) is 2.92. The minimum absolute atomic E-state index is 0.144. The summed E-state index contributed by atoms with van der Waals surface area (Å²) in [5.74, 6) is -1.76. The smallest absolute Gasteiger partial charge is 0.326 e. The van der Waals surface area contributed by atoms with E-state index in [1.807, 2.05) is 30.3 Å². The van der Waals surface area contributed by atoms with E-state index < -0.39 is 12.0 Å². The van der Waals surface area contributed by atoms with Crippen LogP contribution in [0, 0.1) is 5.92 Å². The summed E-state index contributed by atoms with van der Waals surface area (Å²) < 4.78 is 0. The van der Waals surface area contributed by atoms with Crippen molar-refractivity contribution in [1.29, 1.82) is 0 Å². The molecule has 1 rings (SSSR count). The van der Waals surface area contributed by atoms with E-state index >= 15 is 0 Å². The van der Waals surface area contributed by atoms with Crippen LogP contribution in [-0.2, 0) is 9.59 Å². The van der Waals surface area contributed by atoms with Crippen LogP contribution in [0.25, 0.3) is 0 Å². The van der Waals surface area contributed by atoms with Gasteiger partial charge in [0.15, 0.2) is 0 Å². The lowest BCUT2D eigenvalue weighted by Gasteiger charge is -2.20. The maximum atomic E-state index is 12.0. The summed E-state index contributed by atoms with van der Waals surface area (Å²) in [6.45, 7) is 5.31. The molecule has 0 heterocycles. The molecule has 1 aromatic carbocycles. The molecule has 0 aliphatic heterocycles. The molecular formula is C14H19NO3. The van der Waals surface area contributed by atoms with Crippen LogP contribution in [0.2, 0.25) is 0 Å². The molecule has 0 bridgehead atoms. The fourth-order valence-corrected chi connectivity index (χ4v) is 1.68. The summed E-state index contributed by atoms with van der Waals surface area (Å²) in [7, 11) is 0. The molecule has 18 heavy (non-hydrogen) atoms. The van der Waals surface area contributed by atoms with Gasteiger partial charge in [0, 0.05) is 0 Å². The summed E-state index contributed by atoms with van der Waals surface area (Å²) in [6.07, 6.45) is 0. The molecule has 4 heteroatoms. The SMILES string of the molecule is CC(C)[C@H](NC(=O)[C@H](C)c1ccccc1)C(=O)O. The van der Waals surface area contributed by atoms with Crippen molar-refractivity contribution in [2.45, 2.75) is 32.7 Å². The van der Waals surface area contributed by atoms with Gasteiger partial charge in [0.2, 0.25) is 5.91 Å². The second kappa shape index (κ2) is 6.19. The number of carbonyl (C=O) groups is 2. The molecule has 0 aromatic heterocycles. The number of nitrogens with one attached hydrogen (secondary N) is 1. The first kappa shape index (κ1) is 14.2. The van der Waals surface area contributed by atoms with Crippen molar-refractivity contribution in [1.82, 2.24) is 5.32 Å². The van der Waals surface area contributed by atoms with E-state index in [9.17, 15) is 9.59 Å². The second-order valence-corrected chi connectivity index (χ2v) is 4.70. The van der Waals surface area contributed by atoms with Gasteiger partial charge in [0.1, 0.15) is 6.04 Å². The predicted octanol–water partition coefficient (Wildman–Crippen LogP) is 2.02. The highest BCUT2D eigenvalue weighted by Crippen LogP contribution is 2.15. The largest absolute Gasteiger partial charge is 0.480 e. The summed E-state index contributed by atoms with van der Waals surface area (Å²) in [6, 6.07) is 8.46. The zero-order chi connectivity index (χ0) is 13.7. The normalized spacial score (nSPS) is 14.0. The van der Waals surface area contributed by atoms with Crippen LogP contribution in [0.5, 0.6) is 0 Å². The highest BCUT2D eigenvalue weighted by Gasteiger charge is 2.26. The van der Waals surface area contributed by atoms with Crippen LogP contribution in [0.1, 0.15) is 32.3 Å². The fraction of sp³-hybridized carbons (Fsp3) is 0.429. The zero-order valence-electron chi connectivity index (χ0n) is 10.9. The van der Waals surface area contributed by atoms with Gasteiger partial charge in [-0.1, -0.05) is 44.2 Å². The predicted molar refractivity (Wildman–Crippen MR) is 69.3 cm³/mol. The van der Waals surface area contributed by atoms with Gasteiger partial charge in [0.25, 0.3) is 0 Å². The molecular weight excluding hydrogens is 230 g/mol. The number of benzene rings is 1. The Morgan fingerprint density at radius 2 is 1.67 bits per heavy atom. The maximum absolute atomic E-state index is 12.0. The Balaban J connectivity index is 2.73. The molecule has 0 radical (unpaired) electrons. The molecule has 1 amide bonds. The van der Waals surface area contributed by atoms with Gasteiger partial charge in [-0.05, 0) is 18.4 Å². The van der Waals surface area contributed by atoms with E-state index in [1.165, 1.54) is 0 Å². The molecule has 1 aromatic rings. The molecule has 0 fully saturated rings. The minimum atomic E-state index is -1.00. The van der Waals surface area contributed by atoms with Crippen LogP contribution in [-0.4, -0.2) is 23.0 Å². The first-order valence-electron chi connectivity index (χ1n) is 6.01. The average Bonchev–Trinajstić information content (AvgIpc) is 2.35.